The Morgan fingerprint density at radius 2 is 2.17 bits per heavy atom. The lowest BCUT2D eigenvalue weighted by atomic mass is 10.3. The number of nitrogens with one attached hydrogen (secondary N) is 3. The highest BCUT2D eigenvalue weighted by Gasteiger charge is 2.05. The second kappa shape index (κ2) is 7.23. The molecule has 7 heteroatoms. The summed E-state index contributed by atoms with van der Waals surface area (Å²) in [6, 6.07) is 7.30. The minimum absolute atomic E-state index is 0.147. The molecule has 0 aliphatic carbocycles. The molecule has 1 rings (SSSR count). The zero-order valence-electron chi connectivity index (χ0n) is 10.1. The number of methoxy groups -OCH3 is 1. The number of ether oxygens (including phenoxy) is 1. The Kier molecular flexibility index (Phi) is 5.59. The first-order chi connectivity index (χ1) is 8.67. The van der Waals surface area contributed by atoms with Gasteiger partial charge in [0.05, 0.1) is 24.8 Å². The van der Waals surface area contributed by atoms with Gasteiger partial charge in [0.25, 0.3) is 0 Å². The molecule has 0 bridgehead atoms. The van der Waals surface area contributed by atoms with Gasteiger partial charge < -0.3 is 15.4 Å². The first kappa shape index (κ1) is 13.9. The fourth-order valence-electron chi connectivity index (χ4n) is 1.12. The largest absolute Gasteiger partial charge is 0.453 e. The van der Waals surface area contributed by atoms with E-state index >= 15 is 0 Å². The van der Waals surface area contributed by atoms with E-state index in [1.54, 1.807) is 19.5 Å². The highest BCUT2D eigenvalue weighted by Crippen LogP contribution is 2.23. The number of carbonyl (C=O) groups is 1. The summed E-state index contributed by atoms with van der Waals surface area (Å²) < 4.78 is 4.44. The predicted octanol–water partition coefficient (Wildman–Crippen LogP) is 1.62. The lowest BCUT2D eigenvalue weighted by Gasteiger charge is -2.10. The molecule has 0 saturated heterocycles. The van der Waals surface area contributed by atoms with Crippen molar-refractivity contribution in [1.29, 1.82) is 0 Å². The molecule has 0 aliphatic rings. The van der Waals surface area contributed by atoms with Crippen LogP contribution in [0.15, 0.2) is 29.3 Å². The van der Waals surface area contributed by atoms with E-state index in [9.17, 15) is 4.79 Å². The second-order valence-corrected chi connectivity index (χ2v) is 3.54. The van der Waals surface area contributed by atoms with Crippen molar-refractivity contribution in [3.05, 3.63) is 24.3 Å². The topological polar surface area (TPSA) is 74.8 Å². The molecule has 1 amide bonds. The summed E-state index contributed by atoms with van der Waals surface area (Å²) in [5.41, 5.74) is 1.38. The molecule has 0 aromatic heterocycles. The van der Waals surface area contributed by atoms with Crippen molar-refractivity contribution >= 4 is 41.1 Å². The SMILES string of the molecule is CN/C=N/c1ccccc1NC(=S)NC(=O)OC. The number of anilines is 1. The van der Waals surface area contributed by atoms with Crippen molar-refractivity contribution in [3.8, 4) is 0 Å². The molecule has 0 atom stereocenters. The van der Waals surface area contributed by atoms with E-state index < -0.39 is 6.09 Å². The van der Waals surface area contributed by atoms with Crippen LogP contribution < -0.4 is 16.0 Å². The summed E-state index contributed by atoms with van der Waals surface area (Å²) in [7, 11) is 3.02. The summed E-state index contributed by atoms with van der Waals surface area (Å²) in [5, 5.41) is 8.16. The molecule has 3 N–H and O–H groups in total. The standard InChI is InChI=1S/C11H14N4O2S/c1-12-7-13-8-5-3-4-6-9(8)14-10(18)15-11(16)17-2/h3-7H,1-2H3,(H,12,13)(H2,14,15,16,18). The fraction of sp³-hybridized carbons (Fsp3) is 0.182. The Bertz CT molecular complexity index is 462. The molecule has 96 valence electrons. The van der Waals surface area contributed by atoms with E-state index in [1.165, 1.54) is 7.11 Å². The van der Waals surface area contributed by atoms with Crippen LogP contribution in [0, 0.1) is 0 Å². The average molecular weight is 266 g/mol. The van der Waals surface area contributed by atoms with Gasteiger partial charge in [0.2, 0.25) is 0 Å². The van der Waals surface area contributed by atoms with E-state index in [0.29, 0.717) is 11.4 Å². The molecule has 0 fully saturated rings. The van der Waals surface area contributed by atoms with Crippen LogP contribution in [0.25, 0.3) is 0 Å². The summed E-state index contributed by atoms with van der Waals surface area (Å²) >= 11 is 4.96. The summed E-state index contributed by atoms with van der Waals surface area (Å²) in [6.45, 7) is 0. The van der Waals surface area contributed by atoms with Gasteiger partial charge in [-0.25, -0.2) is 9.79 Å². The zero-order valence-corrected chi connectivity index (χ0v) is 10.9. The van der Waals surface area contributed by atoms with Crippen molar-refractivity contribution in [1.82, 2.24) is 10.6 Å². The van der Waals surface area contributed by atoms with Gasteiger partial charge in [0.1, 0.15) is 0 Å². The molecule has 6 nitrogen and oxygen atoms in total. The number of rotatable bonds is 3. The number of benzene rings is 1. The molecule has 0 spiro atoms. The lowest BCUT2D eigenvalue weighted by Crippen LogP contribution is -2.33. The average Bonchev–Trinajstić information content (AvgIpc) is 2.37. The predicted molar refractivity (Wildman–Crippen MR) is 75.4 cm³/mol. The number of hydrogen-bond donors (Lipinski definition) is 3. The highest BCUT2D eigenvalue weighted by atomic mass is 32.1. The van der Waals surface area contributed by atoms with E-state index in [-0.39, 0.29) is 5.11 Å². The van der Waals surface area contributed by atoms with E-state index in [0.717, 1.165) is 0 Å². The van der Waals surface area contributed by atoms with E-state index in [4.69, 9.17) is 12.2 Å². The molecule has 0 heterocycles. The zero-order chi connectivity index (χ0) is 13.4. The smallest absolute Gasteiger partial charge is 0.413 e. The molecule has 0 radical (unpaired) electrons. The van der Waals surface area contributed by atoms with Crippen LogP contribution in [0.3, 0.4) is 0 Å². The molecule has 0 aliphatic heterocycles. The maximum atomic E-state index is 11.0. The van der Waals surface area contributed by atoms with Crippen LogP contribution in [-0.2, 0) is 4.74 Å². The minimum Gasteiger partial charge on any atom is -0.453 e. The van der Waals surface area contributed by atoms with Crippen LogP contribution in [0.4, 0.5) is 16.2 Å². The van der Waals surface area contributed by atoms with Crippen molar-refractivity contribution in [2.75, 3.05) is 19.5 Å². The Morgan fingerprint density at radius 3 is 2.83 bits per heavy atom. The van der Waals surface area contributed by atoms with Gasteiger partial charge >= 0.3 is 6.09 Å². The first-order valence-corrected chi connectivity index (χ1v) is 5.53. The molecule has 0 saturated carbocycles. The lowest BCUT2D eigenvalue weighted by molar-refractivity contribution is 0.177. The number of hydrogen-bond acceptors (Lipinski definition) is 4. The number of aliphatic imine (C=N–C) groups is 1. The van der Waals surface area contributed by atoms with Gasteiger partial charge in [0, 0.05) is 7.05 Å². The van der Waals surface area contributed by atoms with Crippen molar-refractivity contribution in [3.63, 3.8) is 0 Å². The van der Waals surface area contributed by atoms with Crippen molar-refractivity contribution in [2.45, 2.75) is 0 Å². The number of carbonyl (C=O) groups excluding carboxylic acids is 1. The number of nitrogens with zero attached hydrogens (tertiary/aromatic N) is 1. The van der Waals surface area contributed by atoms with Crippen LogP contribution in [0.1, 0.15) is 0 Å². The van der Waals surface area contributed by atoms with Gasteiger partial charge in [-0.3, -0.25) is 5.32 Å². The molecule has 1 aromatic rings. The Morgan fingerprint density at radius 1 is 1.44 bits per heavy atom. The number of amides is 1. The normalized spacial score (nSPS) is 9.89. The molecule has 1 aromatic carbocycles. The highest BCUT2D eigenvalue weighted by molar-refractivity contribution is 7.80. The monoisotopic (exact) mass is 266 g/mol. The minimum atomic E-state index is -0.622. The third-order valence-electron chi connectivity index (χ3n) is 1.89. The van der Waals surface area contributed by atoms with Crippen LogP contribution >= 0.6 is 12.2 Å². The van der Waals surface area contributed by atoms with Crippen LogP contribution in [0.2, 0.25) is 0 Å². The Balaban J connectivity index is 2.74. The quantitative estimate of drug-likeness (QED) is 0.440. The van der Waals surface area contributed by atoms with Gasteiger partial charge in [0.15, 0.2) is 5.11 Å². The number of thiocarbonyl (C=S) groups is 1. The third-order valence-corrected chi connectivity index (χ3v) is 2.09. The van der Waals surface area contributed by atoms with Gasteiger partial charge in [-0.15, -0.1) is 0 Å². The fourth-order valence-corrected chi connectivity index (χ4v) is 1.32. The maximum absolute atomic E-state index is 11.0. The summed E-state index contributed by atoms with van der Waals surface area (Å²) in [5.74, 6) is 0. The van der Waals surface area contributed by atoms with Crippen LogP contribution in [0.5, 0.6) is 0 Å². The van der Waals surface area contributed by atoms with E-state index in [2.05, 4.69) is 25.7 Å². The van der Waals surface area contributed by atoms with Crippen LogP contribution in [-0.4, -0.2) is 31.7 Å². The molecular formula is C11H14N4O2S. The maximum Gasteiger partial charge on any atom is 0.413 e. The van der Waals surface area contributed by atoms with Crippen molar-refractivity contribution < 1.29 is 9.53 Å². The van der Waals surface area contributed by atoms with Gasteiger partial charge in [-0.2, -0.15) is 0 Å². The van der Waals surface area contributed by atoms with Crippen molar-refractivity contribution in [2.24, 2.45) is 4.99 Å². The first-order valence-electron chi connectivity index (χ1n) is 5.12. The van der Waals surface area contributed by atoms with Gasteiger partial charge in [-0.1, -0.05) is 12.1 Å². The number of para-hydroxylation sites is 2. The number of alkyl carbamates (subject to hydrolysis) is 1. The second-order valence-electron chi connectivity index (χ2n) is 3.13. The van der Waals surface area contributed by atoms with Gasteiger partial charge in [-0.05, 0) is 24.4 Å². The third kappa shape index (κ3) is 4.38. The Labute approximate surface area is 110 Å². The molecule has 0 unspecified atom stereocenters. The van der Waals surface area contributed by atoms with E-state index in [1.807, 2.05) is 18.2 Å². The summed E-state index contributed by atoms with van der Waals surface area (Å²) in [6.07, 6.45) is 0.931. The molecular weight excluding hydrogens is 252 g/mol. The molecule has 18 heavy (non-hydrogen) atoms. The Hall–Kier alpha value is -2.15. The summed E-state index contributed by atoms with van der Waals surface area (Å²) in [4.78, 5) is 15.1.